The summed E-state index contributed by atoms with van der Waals surface area (Å²) in [5.41, 5.74) is 8.01. The molecular weight excluding hydrogens is 236 g/mol. The minimum absolute atomic E-state index is 0.585. The SMILES string of the molecule is Nc1cccc(-c2onc3c(Cl)cccc23)c1. The van der Waals surface area contributed by atoms with Crippen molar-refractivity contribution in [1.29, 1.82) is 0 Å². The monoisotopic (exact) mass is 244 g/mol. The number of nitrogen functional groups attached to an aromatic ring is 1. The van der Waals surface area contributed by atoms with Crippen molar-refractivity contribution in [3.05, 3.63) is 47.5 Å². The second-order valence-corrected chi connectivity index (χ2v) is 4.18. The lowest BCUT2D eigenvalue weighted by atomic mass is 10.1. The highest BCUT2D eigenvalue weighted by Crippen LogP contribution is 2.32. The maximum atomic E-state index is 6.04. The molecule has 2 N–H and O–H groups in total. The van der Waals surface area contributed by atoms with Crippen molar-refractivity contribution in [1.82, 2.24) is 5.16 Å². The summed E-state index contributed by atoms with van der Waals surface area (Å²) < 4.78 is 5.35. The fraction of sp³-hybridized carbons (Fsp3) is 0. The van der Waals surface area contributed by atoms with Crippen LogP contribution in [0, 0.1) is 0 Å². The van der Waals surface area contributed by atoms with Gasteiger partial charge in [-0.1, -0.05) is 35.0 Å². The van der Waals surface area contributed by atoms with Crippen LogP contribution in [0.2, 0.25) is 5.02 Å². The van der Waals surface area contributed by atoms with Crippen LogP contribution < -0.4 is 5.73 Å². The molecule has 0 spiro atoms. The predicted octanol–water partition coefficient (Wildman–Crippen LogP) is 3.73. The van der Waals surface area contributed by atoms with E-state index in [1.807, 2.05) is 36.4 Å². The molecular formula is C13H9ClN2O. The minimum Gasteiger partial charge on any atom is -0.399 e. The minimum atomic E-state index is 0.585. The van der Waals surface area contributed by atoms with E-state index < -0.39 is 0 Å². The average Bonchev–Trinajstić information content (AvgIpc) is 2.74. The molecule has 0 saturated heterocycles. The highest BCUT2D eigenvalue weighted by atomic mass is 35.5. The molecule has 0 bridgehead atoms. The van der Waals surface area contributed by atoms with E-state index in [2.05, 4.69) is 5.16 Å². The summed E-state index contributed by atoms with van der Waals surface area (Å²) in [5, 5.41) is 5.45. The largest absolute Gasteiger partial charge is 0.399 e. The van der Waals surface area contributed by atoms with Crippen LogP contribution in [0.1, 0.15) is 0 Å². The molecule has 3 aromatic rings. The molecule has 0 aliphatic carbocycles. The standard InChI is InChI=1S/C13H9ClN2O/c14-11-6-2-5-10-12(11)16-17-13(10)8-3-1-4-9(15)7-8/h1-7H,15H2. The molecule has 0 aliphatic heterocycles. The summed E-state index contributed by atoms with van der Waals surface area (Å²) in [6.45, 7) is 0. The third kappa shape index (κ3) is 1.65. The third-order valence-corrected chi connectivity index (χ3v) is 2.91. The lowest BCUT2D eigenvalue weighted by Gasteiger charge is -1.98. The van der Waals surface area contributed by atoms with Crippen LogP contribution in [0.5, 0.6) is 0 Å². The highest BCUT2D eigenvalue weighted by Gasteiger charge is 2.12. The first-order valence-electron chi connectivity index (χ1n) is 5.15. The topological polar surface area (TPSA) is 52.0 Å². The molecule has 0 aliphatic rings. The van der Waals surface area contributed by atoms with Crippen molar-refractivity contribution in [2.24, 2.45) is 0 Å². The van der Waals surface area contributed by atoms with Crippen LogP contribution in [0.15, 0.2) is 47.0 Å². The lowest BCUT2D eigenvalue weighted by molar-refractivity contribution is 0.441. The molecule has 0 saturated carbocycles. The first kappa shape index (κ1) is 10.2. The fourth-order valence-corrected chi connectivity index (χ4v) is 2.03. The van der Waals surface area contributed by atoms with E-state index in [9.17, 15) is 0 Å². The Labute approximate surface area is 103 Å². The molecule has 0 amide bonds. The summed E-state index contributed by atoms with van der Waals surface area (Å²) in [4.78, 5) is 0. The Bertz CT molecular complexity index is 691. The molecule has 3 nitrogen and oxygen atoms in total. The van der Waals surface area contributed by atoms with Crippen molar-refractivity contribution in [3.8, 4) is 11.3 Å². The summed E-state index contributed by atoms with van der Waals surface area (Å²) in [5.74, 6) is 0.690. The van der Waals surface area contributed by atoms with E-state index in [-0.39, 0.29) is 0 Å². The van der Waals surface area contributed by atoms with Gasteiger partial charge >= 0.3 is 0 Å². The summed E-state index contributed by atoms with van der Waals surface area (Å²) >= 11 is 6.04. The quantitative estimate of drug-likeness (QED) is 0.664. The van der Waals surface area contributed by atoms with Gasteiger partial charge in [0.05, 0.1) is 10.4 Å². The van der Waals surface area contributed by atoms with Crippen LogP contribution in [0.4, 0.5) is 5.69 Å². The lowest BCUT2D eigenvalue weighted by Crippen LogP contribution is -1.84. The number of anilines is 1. The molecule has 0 radical (unpaired) electrons. The summed E-state index contributed by atoms with van der Waals surface area (Å²) in [6.07, 6.45) is 0. The van der Waals surface area contributed by atoms with Crippen molar-refractivity contribution >= 4 is 28.2 Å². The van der Waals surface area contributed by atoms with Crippen LogP contribution >= 0.6 is 11.6 Å². The Morgan fingerprint density at radius 1 is 1.12 bits per heavy atom. The summed E-state index contributed by atoms with van der Waals surface area (Å²) in [7, 11) is 0. The molecule has 2 aromatic carbocycles. The number of halogens is 1. The molecule has 1 aromatic heterocycles. The van der Waals surface area contributed by atoms with Gasteiger partial charge in [0.25, 0.3) is 0 Å². The zero-order chi connectivity index (χ0) is 11.8. The van der Waals surface area contributed by atoms with Gasteiger partial charge in [0, 0.05) is 11.3 Å². The Morgan fingerprint density at radius 3 is 2.76 bits per heavy atom. The number of hydrogen-bond donors (Lipinski definition) is 1. The number of benzene rings is 2. The van der Waals surface area contributed by atoms with Gasteiger partial charge in [-0.05, 0) is 24.3 Å². The number of nitrogens with zero attached hydrogens (tertiary/aromatic N) is 1. The van der Waals surface area contributed by atoms with Crippen LogP contribution in [-0.2, 0) is 0 Å². The molecule has 0 fully saturated rings. The van der Waals surface area contributed by atoms with Crippen LogP contribution in [0.3, 0.4) is 0 Å². The van der Waals surface area contributed by atoms with Gasteiger partial charge in [-0.2, -0.15) is 0 Å². The van der Waals surface area contributed by atoms with E-state index in [0.717, 1.165) is 10.9 Å². The van der Waals surface area contributed by atoms with E-state index >= 15 is 0 Å². The molecule has 17 heavy (non-hydrogen) atoms. The Morgan fingerprint density at radius 2 is 1.94 bits per heavy atom. The average molecular weight is 245 g/mol. The number of hydrogen-bond acceptors (Lipinski definition) is 3. The van der Waals surface area contributed by atoms with Crippen molar-refractivity contribution in [2.75, 3.05) is 5.73 Å². The zero-order valence-electron chi connectivity index (χ0n) is 8.85. The maximum absolute atomic E-state index is 6.04. The smallest absolute Gasteiger partial charge is 0.174 e. The number of aromatic nitrogens is 1. The molecule has 0 unspecified atom stereocenters. The van der Waals surface area contributed by atoms with Gasteiger partial charge in [-0.25, -0.2) is 0 Å². The predicted molar refractivity (Wildman–Crippen MR) is 68.9 cm³/mol. The van der Waals surface area contributed by atoms with Gasteiger partial charge in [-0.15, -0.1) is 0 Å². The maximum Gasteiger partial charge on any atom is 0.174 e. The van der Waals surface area contributed by atoms with E-state index in [1.54, 1.807) is 6.07 Å². The van der Waals surface area contributed by atoms with Gasteiger partial charge in [-0.3, -0.25) is 0 Å². The van der Waals surface area contributed by atoms with Gasteiger partial charge < -0.3 is 10.3 Å². The summed E-state index contributed by atoms with van der Waals surface area (Å²) in [6, 6.07) is 13.1. The van der Waals surface area contributed by atoms with E-state index in [1.165, 1.54) is 0 Å². The molecule has 1 heterocycles. The van der Waals surface area contributed by atoms with Crippen molar-refractivity contribution < 1.29 is 4.52 Å². The number of rotatable bonds is 1. The number of fused-ring (bicyclic) bond motifs is 1. The van der Waals surface area contributed by atoms with Gasteiger partial charge in [0.1, 0.15) is 5.52 Å². The zero-order valence-corrected chi connectivity index (χ0v) is 9.61. The molecule has 84 valence electrons. The normalized spacial score (nSPS) is 10.9. The molecule has 3 rings (SSSR count). The molecule has 4 heteroatoms. The van der Waals surface area contributed by atoms with Gasteiger partial charge in [0.2, 0.25) is 0 Å². The molecule has 0 atom stereocenters. The van der Waals surface area contributed by atoms with Crippen LogP contribution in [-0.4, -0.2) is 5.16 Å². The van der Waals surface area contributed by atoms with Gasteiger partial charge in [0.15, 0.2) is 5.76 Å². The highest BCUT2D eigenvalue weighted by molar-refractivity contribution is 6.35. The van der Waals surface area contributed by atoms with Crippen molar-refractivity contribution in [2.45, 2.75) is 0 Å². The third-order valence-electron chi connectivity index (χ3n) is 2.61. The first-order chi connectivity index (χ1) is 8.25. The Hall–Kier alpha value is -2.00. The second kappa shape index (κ2) is 3.79. The number of nitrogens with two attached hydrogens (primary N) is 1. The Kier molecular flexibility index (Phi) is 2.27. The van der Waals surface area contributed by atoms with Crippen LogP contribution in [0.25, 0.3) is 22.2 Å². The van der Waals surface area contributed by atoms with E-state index in [0.29, 0.717) is 22.0 Å². The first-order valence-corrected chi connectivity index (χ1v) is 5.53. The van der Waals surface area contributed by atoms with Crippen molar-refractivity contribution in [3.63, 3.8) is 0 Å². The fourth-order valence-electron chi connectivity index (χ4n) is 1.82. The Balaban J connectivity index is 2.28. The van der Waals surface area contributed by atoms with E-state index in [4.69, 9.17) is 21.9 Å². The second-order valence-electron chi connectivity index (χ2n) is 3.77.